The molecule has 0 saturated carbocycles. The normalized spacial score (nSPS) is 18.5. The molecule has 0 bridgehead atoms. The third-order valence-electron chi connectivity index (χ3n) is 3.93. The number of hydrogen-bond donors (Lipinski definition) is 1. The van der Waals surface area contributed by atoms with Crippen LogP contribution in [0.25, 0.3) is 0 Å². The van der Waals surface area contributed by atoms with Crippen LogP contribution in [-0.4, -0.2) is 32.3 Å². The average molecular weight is 330 g/mol. The van der Waals surface area contributed by atoms with Gasteiger partial charge in [-0.2, -0.15) is 0 Å². The first kappa shape index (κ1) is 18.0. The van der Waals surface area contributed by atoms with E-state index < -0.39 is 0 Å². The first-order chi connectivity index (χ1) is 11.3. The second kappa shape index (κ2) is 7.51. The topological polar surface area (TPSA) is 59.9 Å². The second-order valence-electron chi connectivity index (χ2n) is 6.84. The highest BCUT2D eigenvalue weighted by Crippen LogP contribution is 2.37. The SMILES string of the molecule is COC1=C(NCC(C)=O)CC(C)(C)C/C1=N\c1ccc(OC)cc1. The molecule has 5 nitrogen and oxygen atoms in total. The first-order valence-electron chi connectivity index (χ1n) is 8.07. The molecule has 5 heteroatoms. The van der Waals surface area contributed by atoms with E-state index in [0.717, 1.165) is 41.4 Å². The third kappa shape index (κ3) is 4.60. The van der Waals surface area contributed by atoms with Crippen LogP contribution in [-0.2, 0) is 9.53 Å². The molecule has 0 heterocycles. The zero-order chi connectivity index (χ0) is 17.7. The summed E-state index contributed by atoms with van der Waals surface area (Å²) < 4.78 is 10.8. The quantitative estimate of drug-likeness (QED) is 0.865. The van der Waals surface area contributed by atoms with E-state index in [-0.39, 0.29) is 11.2 Å². The molecule has 1 aromatic rings. The highest BCUT2D eigenvalue weighted by atomic mass is 16.5. The fraction of sp³-hybridized carbons (Fsp3) is 0.474. The number of carbonyl (C=O) groups excluding carboxylic acids is 1. The van der Waals surface area contributed by atoms with Crippen molar-refractivity contribution in [3.05, 3.63) is 35.7 Å². The summed E-state index contributed by atoms with van der Waals surface area (Å²) in [6.45, 7) is 6.26. The molecule has 0 amide bonds. The van der Waals surface area contributed by atoms with E-state index in [9.17, 15) is 4.79 Å². The van der Waals surface area contributed by atoms with Crippen molar-refractivity contribution >= 4 is 17.2 Å². The standard InChI is InChI=1S/C19H26N2O3/c1-13(22)12-20-16-10-19(2,3)11-17(18(16)24-5)21-14-6-8-15(23-4)9-7-14/h6-9,20H,10-12H2,1-5H3/b21-17+. The summed E-state index contributed by atoms with van der Waals surface area (Å²) in [6, 6.07) is 7.61. The van der Waals surface area contributed by atoms with Crippen molar-refractivity contribution in [1.29, 1.82) is 0 Å². The molecule has 0 radical (unpaired) electrons. The van der Waals surface area contributed by atoms with Crippen molar-refractivity contribution in [2.75, 3.05) is 20.8 Å². The molecule has 0 fully saturated rings. The summed E-state index contributed by atoms with van der Waals surface area (Å²) in [6.07, 6.45) is 1.64. The minimum Gasteiger partial charge on any atom is -0.497 e. The Labute approximate surface area is 143 Å². The van der Waals surface area contributed by atoms with Gasteiger partial charge in [-0.3, -0.25) is 4.79 Å². The number of nitrogens with one attached hydrogen (secondary N) is 1. The smallest absolute Gasteiger partial charge is 0.159 e. The highest BCUT2D eigenvalue weighted by Gasteiger charge is 2.32. The Morgan fingerprint density at radius 2 is 1.83 bits per heavy atom. The van der Waals surface area contributed by atoms with Crippen LogP contribution in [0.15, 0.2) is 40.7 Å². The minimum absolute atomic E-state index is 0.0481. The van der Waals surface area contributed by atoms with Gasteiger partial charge in [0.2, 0.25) is 0 Å². The molecule has 1 aromatic carbocycles. The Balaban J connectivity index is 2.37. The summed E-state index contributed by atoms with van der Waals surface area (Å²) in [7, 11) is 3.29. The highest BCUT2D eigenvalue weighted by molar-refractivity contribution is 6.01. The van der Waals surface area contributed by atoms with Crippen LogP contribution in [0.1, 0.15) is 33.6 Å². The Kier molecular flexibility index (Phi) is 5.65. The summed E-state index contributed by atoms with van der Waals surface area (Å²) in [5.41, 5.74) is 2.73. The number of methoxy groups -OCH3 is 2. The predicted molar refractivity (Wildman–Crippen MR) is 95.8 cm³/mol. The number of ketones is 1. The largest absolute Gasteiger partial charge is 0.497 e. The summed E-state index contributed by atoms with van der Waals surface area (Å²) >= 11 is 0. The molecule has 0 saturated heterocycles. The molecule has 2 rings (SSSR count). The van der Waals surface area contributed by atoms with Gasteiger partial charge in [0.05, 0.1) is 37.9 Å². The zero-order valence-corrected chi connectivity index (χ0v) is 15.1. The van der Waals surface area contributed by atoms with Gasteiger partial charge < -0.3 is 14.8 Å². The van der Waals surface area contributed by atoms with Crippen LogP contribution >= 0.6 is 0 Å². The molecule has 0 atom stereocenters. The Hall–Kier alpha value is -2.30. The number of ether oxygens (including phenoxy) is 2. The Morgan fingerprint density at radius 1 is 1.17 bits per heavy atom. The fourth-order valence-corrected chi connectivity index (χ4v) is 2.85. The van der Waals surface area contributed by atoms with Crippen molar-refractivity contribution in [1.82, 2.24) is 5.32 Å². The van der Waals surface area contributed by atoms with Crippen LogP contribution in [0.5, 0.6) is 5.75 Å². The van der Waals surface area contributed by atoms with E-state index in [0.29, 0.717) is 6.54 Å². The lowest BCUT2D eigenvalue weighted by molar-refractivity contribution is -0.116. The number of carbonyl (C=O) groups is 1. The van der Waals surface area contributed by atoms with Crippen LogP contribution < -0.4 is 10.1 Å². The maximum Gasteiger partial charge on any atom is 0.159 e. The van der Waals surface area contributed by atoms with Gasteiger partial charge in [-0.1, -0.05) is 13.8 Å². The van der Waals surface area contributed by atoms with Gasteiger partial charge in [-0.25, -0.2) is 4.99 Å². The Morgan fingerprint density at radius 3 is 2.38 bits per heavy atom. The van der Waals surface area contributed by atoms with Crippen molar-refractivity contribution in [3.8, 4) is 5.75 Å². The van der Waals surface area contributed by atoms with E-state index in [4.69, 9.17) is 14.5 Å². The van der Waals surface area contributed by atoms with Gasteiger partial charge in [-0.15, -0.1) is 0 Å². The van der Waals surface area contributed by atoms with Gasteiger partial charge in [0.1, 0.15) is 11.5 Å². The molecule has 1 aliphatic carbocycles. The van der Waals surface area contributed by atoms with E-state index >= 15 is 0 Å². The van der Waals surface area contributed by atoms with E-state index in [1.165, 1.54) is 0 Å². The summed E-state index contributed by atoms with van der Waals surface area (Å²) in [5.74, 6) is 1.63. The zero-order valence-electron chi connectivity index (χ0n) is 15.1. The van der Waals surface area contributed by atoms with E-state index in [2.05, 4.69) is 19.2 Å². The molecule has 24 heavy (non-hydrogen) atoms. The lowest BCUT2D eigenvalue weighted by atomic mass is 9.77. The fourth-order valence-electron chi connectivity index (χ4n) is 2.85. The molecular weight excluding hydrogens is 304 g/mol. The molecule has 130 valence electrons. The molecule has 1 N–H and O–H groups in total. The molecule has 1 aliphatic rings. The molecule has 0 aromatic heterocycles. The van der Waals surface area contributed by atoms with Gasteiger partial charge in [0.15, 0.2) is 5.76 Å². The van der Waals surface area contributed by atoms with Crippen molar-refractivity contribution in [3.63, 3.8) is 0 Å². The monoisotopic (exact) mass is 330 g/mol. The summed E-state index contributed by atoms with van der Waals surface area (Å²) in [5, 5.41) is 3.22. The lowest BCUT2D eigenvalue weighted by Crippen LogP contribution is -2.33. The number of allylic oxidation sites excluding steroid dienone is 2. The van der Waals surface area contributed by atoms with Crippen LogP contribution in [0.4, 0.5) is 5.69 Å². The number of Topliss-reactive ketones (excluding diaryl/α,β-unsaturated/α-hetero) is 1. The number of nitrogens with zero attached hydrogens (tertiary/aromatic N) is 1. The van der Waals surface area contributed by atoms with Crippen molar-refractivity contribution in [2.24, 2.45) is 10.4 Å². The maximum absolute atomic E-state index is 11.3. The molecule has 0 aliphatic heterocycles. The number of aliphatic imine (C=N–C) groups is 1. The van der Waals surface area contributed by atoms with Crippen molar-refractivity contribution < 1.29 is 14.3 Å². The number of benzene rings is 1. The van der Waals surface area contributed by atoms with Crippen molar-refractivity contribution in [2.45, 2.75) is 33.6 Å². The summed E-state index contributed by atoms with van der Waals surface area (Å²) in [4.78, 5) is 16.1. The molecule has 0 spiro atoms. The third-order valence-corrected chi connectivity index (χ3v) is 3.93. The molecule has 0 unspecified atom stereocenters. The van der Waals surface area contributed by atoms with Crippen LogP contribution in [0.2, 0.25) is 0 Å². The van der Waals surface area contributed by atoms with Gasteiger partial charge >= 0.3 is 0 Å². The average Bonchev–Trinajstić information content (AvgIpc) is 2.52. The maximum atomic E-state index is 11.3. The van der Waals surface area contributed by atoms with E-state index in [1.807, 2.05) is 24.3 Å². The molecular formula is C19H26N2O3. The first-order valence-corrected chi connectivity index (χ1v) is 8.07. The lowest BCUT2D eigenvalue weighted by Gasteiger charge is -2.33. The van der Waals surface area contributed by atoms with Gasteiger partial charge in [0, 0.05) is 0 Å². The second-order valence-corrected chi connectivity index (χ2v) is 6.84. The van der Waals surface area contributed by atoms with Crippen LogP contribution in [0, 0.1) is 5.41 Å². The Bertz CT molecular complexity index is 658. The number of hydrogen-bond acceptors (Lipinski definition) is 5. The predicted octanol–water partition coefficient (Wildman–Crippen LogP) is 3.62. The van der Waals surface area contributed by atoms with Gasteiger partial charge in [0.25, 0.3) is 0 Å². The van der Waals surface area contributed by atoms with Gasteiger partial charge in [-0.05, 0) is 49.4 Å². The minimum atomic E-state index is 0.0481. The number of rotatable bonds is 6. The van der Waals surface area contributed by atoms with E-state index in [1.54, 1.807) is 21.1 Å². The van der Waals surface area contributed by atoms with Crippen LogP contribution in [0.3, 0.4) is 0 Å².